The van der Waals surface area contributed by atoms with Gasteiger partial charge in [0.05, 0.1) is 39.1 Å². The van der Waals surface area contributed by atoms with E-state index in [0.29, 0.717) is 13.1 Å². The summed E-state index contributed by atoms with van der Waals surface area (Å²) in [5, 5.41) is 4.37. The maximum absolute atomic E-state index is 14.7. The molecule has 0 saturated carbocycles. The predicted octanol–water partition coefficient (Wildman–Crippen LogP) is 6.55. The molecule has 3 aliphatic rings. The van der Waals surface area contributed by atoms with Gasteiger partial charge in [-0.3, -0.25) is 9.80 Å². The molecule has 0 N–H and O–H groups in total. The van der Waals surface area contributed by atoms with E-state index in [9.17, 15) is 4.79 Å². The van der Waals surface area contributed by atoms with Gasteiger partial charge in [0.15, 0.2) is 0 Å². The van der Waals surface area contributed by atoms with Crippen molar-refractivity contribution in [1.29, 1.82) is 0 Å². The normalized spacial score (nSPS) is 18.4. The summed E-state index contributed by atoms with van der Waals surface area (Å²) < 4.78 is 18.9. The van der Waals surface area contributed by atoms with E-state index in [1.54, 1.807) is 27.5 Å². The van der Waals surface area contributed by atoms with Crippen molar-refractivity contribution in [3.05, 3.63) is 113 Å². The number of likely N-dealkylation sites (tertiary alicyclic amines) is 1. The zero-order chi connectivity index (χ0) is 32.8. The molecular formula is C38H43N5O4. The Bertz CT molecular complexity index is 1790. The number of methoxy groups -OCH3 is 3. The van der Waals surface area contributed by atoms with Gasteiger partial charge in [-0.25, -0.2) is 9.48 Å². The quantitative estimate of drug-likeness (QED) is 0.219. The second-order valence-electron chi connectivity index (χ2n) is 13.3. The Balaban J connectivity index is 1.25. The van der Waals surface area contributed by atoms with Gasteiger partial charge >= 0.3 is 6.03 Å². The Morgan fingerprint density at radius 1 is 0.830 bits per heavy atom. The number of hydrogen-bond acceptors (Lipinski definition) is 6. The molecule has 3 aromatic carbocycles. The lowest BCUT2D eigenvalue weighted by Gasteiger charge is -2.45. The fraction of sp³-hybridized carbons (Fsp3) is 0.368. The summed E-state index contributed by atoms with van der Waals surface area (Å²) in [6, 6.07) is 22.6. The molecule has 3 aliphatic heterocycles. The highest BCUT2D eigenvalue weighted by Crippen LogP contribution is 2.51. The van der Waals surface area contributed by atoms with E-state index >= 15 is 0 Å². The molecule has 2 saturated heterocycles. The Hall–Kier alpha value is -4.76. The third kappa shape index (κ3) is 5.52. The molecule has 0 radical (unpaired) electrons. The van der Waals surface area contributed by atoms with E-state index in [1.807, 2.05) is 40.0 Å². The first-order chi connectivity index (χ1) is 22.7. The lowest BCUT2D eigenvalue weighted by molar-refractivity contribution is 0.0814. The molecule has 7 rings (SSSR count). The van der Waals surface area contributed by atoms with Crippen molar-refractivity contribution in [1.82, 2.24) is 24.5 Å². The third-order valence-corrected chi connectivity index (χ3v) is 10.1. The largest absolute Gasteiger partial charge is 0.497 e. The molecule has 9 nitrogen and oxygen atoms in total. The molecule has 47 heavy (non-hydrogen) atoms. The molecule has 0 unspecified atom stereocenters. The van der Waals surface area contributed by atoms with Crippen LogP contribution in [0.15, 0.2) is 90.9 Å². The van der Waals surface area contributed by atoms with Crippen molar-refractivity contribution in [3.63, 3.8) is 0 Å². The minimum absolute atomic E-state index is 0.0408. The van der Waals surface area contributed by atoms with Gasteiger partial charge in [0.1, 0.15) is 17.2 Å². The maximum atomic E-state index is 14.7. The number of allylic oxidation sites excluding steroid dienone is 1. The monoisotopic (exact) mass is 633 g/mol. The SMILES string of the molecule is COc1cccc(CN2CCC3(CC2)C2=CC(C)(C)c4c(cc(OC)cc4OC)CN2C(=O)N3Cc2ccc(-n3cccn3)cc2)c1. The molecule has 2 amide bonds. The first-order valence-corrected chi connectivity index (χ1v) is 16.3. The van der Waals surface area contributed by atoms with Crippen molar-refractivity contribution in [2.45, 2.75) is 57.3 Å². The summed E-state index contributed by atoms with van der Waals surface area (Å²) in [6.45, 7) is 8.02. The highest BCUT2D eigenvalue weighted by Gasteiger charge is 2.56. The Labute approximate surface area is 276 Å². The van der Waals surface area contributed by atoms with Gasteiger partial charge < -0.3 is 19.1 Å². The van der Waals surface area contributed by atoms with Crippen LogP contribution in [0.5, 0.6) is 17.2 Å². The number of amides is 2. The molecule has 2 fully saturated rings. The van der Waals surface area contributed by atoms with Crippen molar-refractivity contribution < 1.29 is 19.0 Å². The highest BCUT2D eigenvalue weighted by atomic mass is 16.5. The molecule has 1 spiro atoms. The van der Waals surface area contributed by atoms with E-state index in [0.717, 1.165) is 77.8 Å². The second-order valence-corrected chi connectivity index (χ2v) is 13.3. The standard InChI is InChI=1S/C38H43N5O4/c1-37(2)23-34-38(14-18-40(19-15-38)24-28-8-6-9-31(20-28)45-3)42(25-27-10-12-30(13-11-27)43-17-7-16-39-43)36(44)41(34)26-29-21-32(46-4)22-33(47-5)35(29)37/h6-13,16-17,20-23H,14-15,18-19,24-26H2,1-5H3. The molecule has 9 heteroatoms. The lowest BCUT2D eigenvalue weighted by atomic mass is 9.77. The summed E-state index contributed by atoms with van der Waals surface area (Å²) in [7, 11) is 5.08. The fourth-order valence-electron chi connectivity index (χ4n) is 7.76. The molecule has 0 aliphatic carbocycles. The van der Waals surface area contributed by atoms with Gasteiger partial charge in [-0.2, -0.15) is 5.10 Å². The topological polar surface area (TPSA) is 72.3 Å². The smallest absolute Gasteiger partial charge is 0.325 e. The van der Waals surface area contributed by atoms with Gasteiger partial charge in [0, 0.05) is 61.3 Å². The zero-order valence-electron chi connectivity index (χ0n) is 27.9. The minimum Gasteiger partial charge on any atom is -0.497 e. The highest BCUT2D eigenvalue weighted by molar-refractivity contribution is 5.83. The Kier molecular flexibility index (Phi) is 7.96. The summed E-state index contributed by atoms with van der Waals surface area (Å²) >= 11 is 0. The minimum atomic E-state index is -0.445. The van der Waals surface area contributed by atoms with Crippen LogP contribution in [0, 0.1) is 0 Å². The maximum Gasteiger partial charge on any atom is 0.325 e. The van der Waals surface area contributed by atoms with Gasteiger partial charge in [-0.05, 0) is 65.9 Å². The van der Waals surface area contributed by atoms with Crippen molar-refractivity contribution >= 4 is 6.03 Å². The first kappa shape index (κ1) is 30.9. The zero-order valence-corrected chi connectivity index (χ0v) is 27.9. The van der Waals surface area contributed by atoms with Crippen LogP contribution < -0.4 is 14.2 Å². The summed E-state index contributed by atoms with van der Waals surface area (Å²) in [4.78, 5) is 21.4. The van der Waals surface area contributed by atoms with E-state index in [4.69, 9.17) is 14.2 Å². The van der Waals surface area contributed by atoms with Gasteiger partial charge in [-0.1, -0.05) is 44.2 Å². The van der Waals surface area contributed by atoms with Crippen LogP contribution in [0.25, 0.3) is 5.69 Å². The van der Waals surface area contributed by atoms with Crippen LogP contribution in [0.3, 0.4) is 0 Å². The number of piperidine rings is 1. The fourth-order valence-corrected chi connectivity index (χ4v) is 7.76. The van der Waals surface area contributed by atoms with Crippen molar-refractivity contribution in [3.8, 4) is 22.9 Å². The molecule has 4 heterocycles. The second kappa shape index (κ2) is 12.1. The average Bonchev–Trinajstić information content (AvgIpc) is 3.66. The number of nitrogens with zero attached hydrogens (tertiary/aromatic N) is 5. The van der Waals surface area contributed by atoms with E-state index in [-0.39, 0.29) is 11.4 Å². The number of rotatable bonds is 8. The Morgan fingerprint density at radius 3 is 2.28 bits per heavy atom. The van der Waals surface area contributed by atoms with Crippen molar-refractivity contribution in [2.24, 2.45) is 0 Å². The van der Waals surface area contributed by atoms with Gasteiger partial charge in [0.2, 0.25) is 0 Å². The molecular weight excluding hydrogens is 590 g/mol. The van der Waals surface area contributed by atoms with Gasteiger partial charge in [0.25, 0.3) is 0 Å². The number of urea groups is 1. The number of benzene rings is 3. The number of carbonyl (C=O) groups is 1. The van der Waals surface area contributed by atoms with Crippen LogP contribution in [0.2, 0.25) is 0 Å². The third-order valence-electron chi connectivity index (χ3n) is 10.1. The molecule has 4 aromatic rings. The van der Waals surface area contributed by atoms with Crippen LogP contribution in [0.1, 0.15) is 48.9 Å². The molecule has 0 bridgehead atoms. The van der Waals surface area contributed by atoms with Crippen LogP contribution >= 0.6 is 0 Å². The number of aromatic nitrogens is 2. The summed E-state index contributed by atoms with van der Waals surface area (Å²) in [5.41, 5.74) is 5.72. The number of fused-ring (bicyclic) bond motifs is 3. The predicted molar refractivity (Wildman–Crippen MR) is 181 cm³/mol. The van der Waals surface area contributed by atoms with Crippen LogP contribution in [-0.4, -0.2) is 70.5 Å². The molecule has 0 atom stereocenters. The van der Waals surface area contributed by atoms with Crippen LogP contribution in [0.4, 0.5) is 4.79 Å². The van der Waals surface area contributed by atoms with Gasteiger partial charge in [-0.15, -0.1) is 0 Å². The van der Waals surface area contributed by atoms with E-state index in [2.05, 4.69) is 77.3 Å². The van der Waals surface area contributed by atoms with Crippen molar-refractivity contribution in [2.75, 3.05) is 34.4 Å². The number of carbonyl (C=O) groups excluding carboxylic acids is 1. The summed E-state index contributed by atoms with van der Waals surface area (Å²) in [6.07, 6.45) is 7.72. The first-order valence-electron chi connectivity index (χ1n) is 16.3. The average molecular weight is 634 g/mol. The summed E-state index contributed by atoms with van der Waals surface area (Å²) in [5.74, 6) is 2.38. The van der Waals surface area contributed by atoms with E-state index in [1.165, 1.54) is 5.56 Å². The Morgan fingerprint density at radius 2 is 1.60 bits per heavy atom. The van der Waals surface area contributed by atoms with E-state index < -0.39 is 5.54 Å². The molecule has 244 valence electrons. The van der Waals surface area contributed by atoms with Crippen LogP contribution in [-0.2, 0) is 25.0 Å². The lowest BCUT2D eigenvalue weighted by Crippen LogP contribution is -2.53. The number of ether oxygens (including phenoxy) is 3. The molecule has 1 aromatic heterocycles. The number of hydrogen-bond donors (Lipinski definition) is 0.